The SMILES string of the molecule is CC(=O)Nc1ccc(-n2sc3ncccc3c2=O)cc1. The second-order valence-corrected chi connectivity index (χ2v) is 5.21. The maximum atomic E-state index is 12.3. The summed E-state index contributed by atoms with van der Waals surface area (Å²) in [5.74, 6) is -0.124. The van der Waals surface area contributed by atoms with Crippen molar-refractivity contribution >= 4 is 33.3 Å². The summed E-state index contributed by atoms with van der Waals surface area (Å²) in [5.41, 5.74) is 1.38. The smallest absolute Gasteiger partial charge is 0.274 e. The molecule has 0 atom stereocenters. The van der Waals surface area contributed by atoms with Crippen LogP contribution in [0.2, 0.25) is 0 Å². The number of carbonyl (C=O) groups is 1. The first-order valence-corrected chi connectivity index (χ1v) is 6.77. The number of nitrogens with one attached hydrogen (secondary N) is 1. The summed E-state index contributed by atoms with van der Waals surface area (Å²) in [4.78, 5) is 28.1. The predicted octanol–water partition coefficient (Wildman–Crippen LogP) is 2.41. The van der Waals surface area contributed by atoms with Crippen LogP contribution in [0.5, 0.6) is 0 Å². The standard InChI is InChI=1S/C14H11N3O2S/c1-9(18)16-10-4-6-11(7-5-10)17-14(19)12-3-2-8-15-13(12)20-17/h2-8H,1H3,(H,16,18). The van der Waals surface area contributed by atoms with Crippen molar-refractivity contribution in [3.05, 3.63) is 52.9 Å². The van der Waals surface area contributed by atoms with Gasteiger partial charge in [0.05, 0.1) is 11.1 Å². The fourth-order valence-electron chi connectivity index (χ4n) is 1.92. The Kier molecular flexibility index (Phi) is 3.08. The Bertz CT molecular complexity index is 833. The van der Waals surface area contributed by atoms with Crippen molar-refractivity contribution in [2.75, 3.05) is 5.32 Å². The molecule has 0 aliphatic heterocycles. The van der Waals surface area contributed by atoms with E-state index in [0.717, 1.165) is 5.69 Å². The van der Waals surface area contributed by atoms with Gasteiger partial charge in [-0.2, -0.15) is 0 Å². The first-order chi connectivity index (χ1) is 9.65. The van der Waals surface area contributed by atoms with E-state index in [1.54, 1.807) is 46.6 Å². The molecular formula is C14H11N3O2S. The van der Waals surface area contributed by atoms with E-state index in [-0.39, 0.29) is 11.5 Å². The minimum absolute atomic E-state index is 0.0784. The Hall–Kier alpha value is -2.47. The summed E-state index contributed by atoms with van der Waals surface area (Å²) < 4.78 is 1.59. The lowest BCUT2D eigenvalue weighted by molar-refractivity contribution is -0.114. The van der Waals surface area contributed by atoms with Crippen molar-refractivity contribution in [3.63, 3.8) is 0 Å². The highest BCUT2D eigenvalue weighted by Crippen LogP contribution is 2.19. The van der Waals surface area contributed by atoms with E-state index in [1.165, 1.54) is 18.5 Å². The molecule has 0 spiro atoms. The number of benzene rings is 1. The summed E-state index contributed by atoms with van der Waals surface area (Å²) >= 11 is 1.30. The van der Waals surface area contributed by atoms with E-state index in [2.05, 4.69) is 10.3 Å². The Balaban J connectivity index is 2.05. The van der Waals surface area contributed by atoms with Gasteiger partial charge in [0.15, 0.2) is 0 Å². The van der Waals surface area contributed by atoms with Crippen molar-refractivity contribution in [1.29, 1.82) is 0 Å². The van der Waals surface area contributed by atoms with E-state index in [1.807, 2.05) is 0 Å². The van der Waals surface area contributed by atoms with Gasteiger partial charge in [-0.1, -0.05) is 0 Å². The summed E-state index contributed by atoms with van der Waals surface area (Å²) in [6.45, 7) is 1.45. The number of hydrogen-bond donors (Lipinski definition) is 1. The first-order valence-electron chi connectivity index (χ1n) is 6.00. The molecule has 0 fully saturated rings. The minimum Gasteiger partial charge on any atom is -0.326 e. The van der Waals surface area contributed by atoms with Gasteiger partial charge in [-0.15, -0.1) is 0 Å². The molecule has 5 nitrogen and oxygen atoms in total. The van der Waals surface area contributed by atoms with Gasteiger partial charge < -0.3 is 5.32 Å². The Morgan fingerprint density at radius 1 is 1.25 bits per heavy atom. The van der Waals surface area contributed by atoms with Gasteiger partial charge in [-0.05, 0) is 47.9 Å². The van der Waals surface area contributed by atoms with Crippen LogP contribution >= 0.6 is 11.5 Å². The zero-order valence-electron chi connectivity index (χ0n) is 10.7. The minimum atomic E-state index is -0.124. The molecule has 2 heterocycles. The van der Waals surface area contributed by atoms with Crippen LogP contribution < -0.4 is 10.9 Å². The molecule has 0 aliphatic rings. The van der Waals surface area contributed by atoms with Gasteiger partial charge in [-0.25, -0.2) is 8.94 Å². The van der Waals surface area contributed by atoms with Crippen molar-refractivity contribution in [3.8, 4) is 5.69 Å². The Morgan fingerprint density at radius 3 is 2.65 bits per heavy atom. The lowest BCUT2D eigenvalue weighted by Gasteiger charge is -2.03. The summed E-state index contributed by atoms with van der Waals surface area (Å²) in [6, 6.07) is 10.6. The van der Waals surface area contributed by atoms with E-state index in [4.69, 9.17) is 0 Å². The van der Waals surface area contributed by atoms with Crippen LogP contribution in [0.15, 0.2) is 47.4 Å². The van der Waals surface area contributed by atoms with Gasteiger partial charge in [0.2, 0.25) is 5.91 Å². The molecule has 0 unspecified atom stereocenters. The summed E-state index contributed by atoms with van der Waals surface area (Å²) in [5, 5.41) is 3.30. The Labute approximate surface area is 118 Å². The van der Waals surface area contributed by atoms with Crippen LogP contribution in [-0.4, -0.2) is 14.8 Å². The Morgan fingerprint density at radius 2 is 2.00 bits per heavy atom. The van der Waals surface area contributed by atoms with Gasteiger partial charge in [0.1, 0.15) is 4.83 Å². The number of carbonyl (C=O) groups excluding carboxylic acids is 1. The zero-order chi connectivity index (χ0) is 14.1. The monoisotopic (exact) mass is 285 g/mol. The number of nitrogens with zero attached hydrogens (tertiary/aromatic N) is 2. The number of pyridine rings is 1. The molecule has 0 radical (unpaired) electrons. The second kappa shape index (κ2) is 4.90. The van der Waals surface area contributed by atoms with Crippen LogP contribution in [0.4, 0.5) is 5.69 Å². The van der Waals surface area contributed by atoms with Gasteiger partial charge in [-0.3, -0.25) is 9.59 Å². The van der Waals surface area contributed by atoms with Crippen molar-refractivity contribution in [2.24, 2.45) is 0 Å². The first kappa shape index (κ1) is 12.6. The van der Waals surface area contributed by atoms with Gasteiger partial charge in [0, 0.05) is 18.8 Å². The van der Waals surface area contributed by atoms with Crippen molar-refractivity contribution in [2.45, 2.75) is 6.92 Å². The lowest BCUT2D eigenvalue weighted by atomic mass is 10.3. The maximum absolute atomic E-state index is 12.3. The largest absolute Gasteiger partial charge is 0.326 e. The highest BCUT2D eigenvalue weighted by molar-refractivity contribution is 7.13. The molecule has 1 aromatic carbocycles. The molecule has 3 rings (SSSR count). The second-order valence-electron chi connectivity index (χ2n) is 4.27. The third-order valence-corrected chi connectivity index (χ3v) is 3.84. The highest BCUT2D eigenvalue weighted by Gasteiger charge is 2.09. The third kappa shape index (κ3) is 2.21. The van der Waals surface area contributed by atoms with E-state index < -0.39 is 0 Å². The van der Waals surface area contributed by atoms with E-state index in [9.17, 15) is 9.59 Å². The number of hydrogen-bond acceptors (Lipinski definition) is 4. The number of fused-ring (bicyclic) bond motifs is 1. The quantitative estimate of drug-likeness (QED) is 0.786. The van der Waals surface area contributed by atoms with Gasteiger partial charge >= 0.3 is 0 Å². The topological polar surface area (TPSA) is 64.0 Å². The van der Waals surface area contributed by atoms with Crippen LogP contribution in [0.1, 0.15) is 6.92 Å². The molecule has 3 aromatic rings. The molecule has 100 valence electrons. The fraction of sp³-hybridized carbons (Fsp3) is 0.0714. The summed E-state index contributed by atoms with van der Waals surface area (Å²) in [7, 11) is 0. The molecule has 0 aliphatic carbocycles. The molecule has 20 heavy (non-hydrogen) atoms. The molecular weight excluding hydrogens is 274 g/mol. The summed E-state index contributed by atoms with van der Waals surface area (Å²) in [6.07, 6.45) is 1.67. The highest BCUT2D eigenvalue weighted by atomic mass is 32.1. The molecule has 6 heteroatoms. The van der Waals surface area contributed by atoms with Crippen LogP contribution in [0, 0.1) is 0 Å². The predicted molar refractivity (Wildman–Crippen MR) is 79.5 cm³/mol. The maximum Gasteiger partial charge on any atom is 0.274 e. The van der Waals surface area contributed by atoms with Crippen LogP contribution in [0.3, 0.4) is 0 Å². The average Bonchev–Trinajstić information content (AvgIpc) is 2.77. The third-order valence-electron chi connectivity index (χ3n) is 2.79. The molecule has 1 N–H and O–H groups in total. The lowest BCUT2D eigenvalue weighted by Crippen LogP contribution is -2.11. The van der Waals surface area contributed by atoms with Gasteiger partial charge in [0.25, 0.3) is 5.56 Å². The van der Waals surface area contributed by atoms with Crippen molar-refractivity contribution < 1.29 is 4.79 Å². The molecule has 1 amide bonds. The number of rotatable bonds is 2. The zero-order valence-corrected chi connectivity index (χ0v) is 11.5. The van der Waals surface area contributed by atoms with Crippen LogP contribution in [0.25, 0.3) is 15.9 Å². The molecule has 0 saturated carbocycles. The number of amides is 1. The van der Waals surface area contributed by atoms with Crippen LogP contribution in [-0.2, 0) is 4.79 Å². The van der Waals surface area contributed by atoms with E-state index >= 15 is 0 Å². The number of anilines is 1. The molecule has 0 bridgehead atoms. The van der Waals surface area contributed by atoms with E-state index in [0.29, 0.717) is 15.9 Å². The molecule has 0 saturated heterocycles. The average molecular weight is 285 g/mol. The number of aromatic nitrogens is 2. The van der Waals surface area contributed by atoms with Crippen molar-refractivity contribution in [1.82, 2.24) is 8.94 Å². The molecule has 2 aromatic heterocycles. The normalized spacial score (nSPS) is 10.7. The fourth-order valence-corrected chi connectivity index (χ4v) is 2.86.